The Morgan fingerprint density at radius 2 is 1.44 bits per heavy atom. The van der Waals surface area contributed by atoms with Gasteiger partial charge in [-0.15, -0.1) is 0 Å². The van der Waals surface area contributed by atoms with Crippen LogP contribution in [0.25, 0.3) is 0 Å². The van der Waals surface area contributed by atoms with E-state index in [0.717, 1.165) is 24.8 Å². The largest absolute Gasteiger partial charge is 0.334 e. The molecule has 212 valence electrons. The SMILES string of the molecule is C=C(C)C=C(C)C=C(C)N(C1=CCC(N(c2ccc(C)cc2)c2cc(C)cc(CCC)c2)C=C1)c1ccc(C)cc1. The van der Waals surface area contributed by atoms with E-state index in [4.69, 9.17) is 0 Å². The molecule has 3 aromatic carbocycles. The first-order chi connectivity index (χ1) is 19.6. The van der Waals surface area contributed by atoms with Crippen LogP contribution in [0.15, 0.2) is 126 Å². The molecule has 0 saturated carbocycles. The van der Waals surface area contributed by atoms with Crippen LogP contribution in [0.2, 0.25) is 0 Å². The van der Waals surface area contributed by atoms with Gasteiger partial charge in [0, 0.05) is 28.5 Å². The van der Waals surface area contributed by atoms with Crippen molar-refractivity contribution in [2.45, 2.75) is 73.8 Å². The number of allylic oxidation sites excluding steroid dienone is 6. The van der Waals surface area contributed by atoms with Crippen LogP contribution < -0.4 is 9.80 Å². The van der Waals surface area contributed by atoms with Gasteiger partial charge in [-0.3, -0.25) is 0 Å². The topological polar surface area (TPSA) is 6.48 Å². The zero-order chi connectivity index (χ0) is 29.5. The quantitative estimate of drug-likeness (QED) is 0.235. The van der Waals surface area contributed by atoms with Gasteiger partial charge >= 0.3 is 0 Å². The van der Waals surface area contributed by atoms with Gasteiger partial charge in [-0.1, -0.05) is 85.2 Å². The maximum atomic E-state index is 4.06. The van der Waals surface area contributed by atoms with Crippen molar-refractivity contribution < 1.29 is 0 Å². The summed E-state index contributed by atoms with van der Waals surface area (Å²) in [6, 6.07) is 25.0. The van der Waals surface area contributed by atoms with Crippen molar-refractivity contribution in [3.63, 3.8) is 0 Å². The Balaban J connectivity index is 1.73. The Labute approximate surface area is 248 Å². The van der Waals surface area contributed by atoms with Gasteiger partial charge in [0.2, 0.25) is 0 Å². The maximum absolute atomic E-state index is 4.06. The number of benzene rings is 3. The van der Waals surface area contributed by atoms with Gasteiger partial charge in [0.25, 0.3) is 0 Å². The summed E-state index contributed by atoms with van der Waals surface area (Å²) in [6.45, 7) is 19.2. The number of nitrogens with zero attached hydrogens (tertiary/aromatic N) is 2. The highest BCUT2D eigenvalue weighted by molar-refractivity contribution is 5.68. The zero-order valence-corrected chi connectivity index (χ0v) is 26.0. The maximum Gasteiger partial charge on any atom is 0.0561 e. The predicted octanol–water partition coefficient (Wildman–Crippen LogP) is 10.8. The van der Waals surface area contributed by atoms with Gasteiger partial charge in [0.15, 0.2) is 0 Å². The number of rotatable bonds is 10. The van der Waals surface area contributed by atoms with Gasteiger partial charge in [-0.05, 0) is 120 Å². The van der Waals surface area contributed by atoms with E-state index in [1.165, 1.54) is 56.3 Å². The van der Waals surface area contributed by atoms with E-state index in [9.17, 15) is 0 Å². The zero-order valence-electron chi connectivity index (χ0n) is 26.0. The van der Waals surface area contributed by atoms with Crippen molar-refractivity contribution in [1.29, 1.82) is 0 Å². The van der Waals surface area contributed by atoms with Gasteiger partial charge in [0.05, 0.1) is 6.04 Å². The molecule has 0 bridgehead atoms. The Kier molecular flexibility index (Phi) is 9.89. The molecule has 1 aliphatic rings. The third kappa shape index (κ3) is 7.79. The molecule has 4 rings (SSSR count). The van der Waals surface area contributed by atoms with Gasteiger partial charge in [-0.25, -0.2) is 0 Å². The minimum absolute atomic E-state index is 0.215. The van der Waals surface area contributed by atoms with Crippen LogP contribution in [0.3, 0.4) is 0 Å². The van der Waals surface area contributed by atoms with Crippen molar-refractivity contribution in [2.24, 2.45) is 0 Å². The van der Waals surface area contributed by atoms with Crippen LogP contribution in [-0.4, -0.2) is 6.04 Å². The second-order valence-corrected chi connectivity index (χ2v) is 11.6. The Morgan fingerprint density at radius 1 is 0.805 bits per heavy atom. The highest BCUT2D eigenvalue weighted by Gasteiger charge is 2.23. The molecule has 0 aliphatic heterocycles. The van der Waals surface area contributed by atoms with Crippen molar-refractivity contribution in [3.05, 3.63) is 148 Å². The smallest absolute Gasteiger partial charge is 0.0561 e. The van der Waals surface area contributed by atoms with Crippen molar-refractivity contribution in [2.75, 3.05) is 9.80 Å². The fourth-order valence-electron chi connectivity index (χ4n) is 5.68. The first-order valence-electron chi connectivity index (χ1n) is 14.9. The molecule has 3 aromatic rings. The number of hydrogen-bond donors (Lipinski definition) is 0. The van der Waals surface area contributed by atoms with Crippen LogP contribution in [0.4, 0.5) is 17.1 Å². The second kappa shape index (κ2) is 13.5. The predicted molar refractivity (Wildman–Crippen MR) is 180 cm³/mol. The monoisotopic (exact) mass is 542 g/mol. The average molecular weight is 543 g/mol. The molecule has 0 radical (unpaired) electrons. The first kappa shape index (κ1) is 29.9. The Hall–Kier alpha value is -4.04. The molecule has 0 saturated heterocycles. The Bertz CT molecular complexity index is 1480. The highest BCUT2D eigenvalue weighted by Crippen LogP contribution is 2.35. The van der Waals surface area contributed by atoms with Crippen LogP contribution in [0, 0.1) is 20.8 Å². The van der Waals surface area contributed by atoms with E-state index < -0.39 is 0 Å². The molecule has 0 amide bonds. The second-order valence-electron chi connectivity index (χ2n) is 11.6. The lowest BCUT2D eigenvalue weighted by Gasteiger charge is -2.36. The van der Waals surface area contributed by atoms with Crippen molar-refractivity contribution in [3.8, 4) is 0 Å². The van der Waals surface area contributed by atoms with Crippen molar-refractivity contribution in [1.82, 2.24) is 0 Å². The first-order valence-corrected chi connectivity index (χ1v) is 14.9. The summed E-state index contributed by atoms with van der Waals surface area (Å²) in [7, 11) is 0. The normalized spacial score (nSPS) is 15.5. The van der Waals surface area contributed by atoms with E-state index in [1.807, 2.05) is 6.92 Å². The fraction of sp³-hybridized carbons (Fsp3) is 0.282. The summed E-state index contributed by atoms with van der Waals surface area (Å²) < 4.78 is 0. The highest BCUT2D eigenvalue weighted by atomic mass is 15.2. The van der Waals surface area contributed by atoms with E-state index in [1.54, 1.807) is 0 Å². The van der Waals surface area contributed by atoms with Crippen LogP contribution in [0.1, 0.15) is 62.8 Å². The molecule has 2 heteroatoms. The molecule has 0 aromatic heterocycles. The molecule has 0 N–H and O–H groups in total. The molecule has 0 fully saturated rings. The van der Waals surface area contributed by atoms with Crippen molar-refractivity contribution >= 4 is 17.1 Å². The van der Waals surface area contributed by atoms with E-state index in [0.29, 0.717) is 0 Å². The molecule has 1 atom stereocenters. The van der Waals surface area contributed by atoms with Gasteiger partial charge in [0.1, 0.15) is 0 Å². The van der Waals surface area contributed by atoms with E-state index >= 15 is 0 Å². The summed E-state index contributed by atoms with van der Waals surface area (Å²) in [6.07, 6.45) is 14.6. The molecule has 0 heterocycles. The molecule has 0 spiro atoms. The van der Waals surface area contributed by atoms with E-state index in [2.05, 4.69) is 155 Å². The molecular formula is C39H46N2. The third-order valence-electron chi connectivity index (χ3n) is 7.45. The molecule has 2 nitrogen and oxygen atoms in total. The lowest BCUT2D eigenvalue weighted by molar-refractivity contribution is 0.773. The average Bonchev–Trinajstić information content (AvgIpc) is 2.91. The summed E-state index contributed by atoms with van der Waals surface area (Å²) >= 11 is 0. The minimum atomic E-state index is 0.215. The Morgan fingerprint density at radius 3 is 2.00 bits per heavy atom. The molecule has 1 aliphatic carbocycles. The van der Waals surface area contributed by atoms with Crippen LogP contribution in [0.5, 0.6) is 0 Å². The minimum Gasteiger partial charge on any atom is -0.334 e. The molecular weight excluding hydrogens is 496 g/mol. The number of anilines is 3. The number of aryl methyl sites for hydroxylation is 4. The van der Waals surface area contributed by atoms with Crippen LogP contribution in [-0.2, 0) is 6.42 Å². The van der Waals surface area contributed by atoms with Gasteiger partial charge < -0.3 is 9.80 Å². The van der Waals surface area contributed by atoms with Crippen LogP contribution >= 0.6 is 0 Å². The lowest BCUT2D eigenvalue weighted by atomic mass is 9.99. The summed E-state index contributed by atoms with van der Waals surface area (Å²) in [5.41, 5.74) is 13.5. The third-order valence-corrected chi connectivity index (χ3v) is 7.45. The standard InChI is InChI=1S/C39H46N2/c1-9-10-34-25-32(7)26-39(27-34)41(37-17-13-30(5)14-18-37)38-21-19-36(20-22-38)40(35-15-11-29(4)12-16-35)33(8)24-31(6)23-28(2)3/h11-21,23-27,38H,2,9-10,22H2,1,3-8H3. The molecule has 1 unspecified atom stereocenters. The van der Waals surface area contributed by atoms with Gasteiger partial charge in [-0.2, -0.15) is 0 Å². The summed E-state index contributed by atoms with van der Waals surface area (Å²) in [5, 5.41) is 0. The molecule has 41 heavy (non-hydrogen) atoms. The lowest BCUT2D eigenvalue weighted by Crippen LogP contribution is -2.32. The summed E-state index contributed by atoms with van der Waals surface area (Å²) in [5.74, 6) is 0. The fourth-order valence-corrected chi connectivity index (χ4v) is 5.68. The number of hydrogen-bond acceptors (Lipinski definition) is 2. The summed E-state index contributed by atoms with van der Waals surface area (Å²) in [4.78, 5) is 4.87. The van der Waals surface area contributed by atoms with E-state index in [-0.39, 0.29) is 6.04 Å².